The summed E-state index contributed by atoms with van der Waals surface area (Å²) in [7, 11) is 0. The summed E-state index contributed by atoms with van der Waals surface area (Å²) in [6, 6.07) is 0. The van der Waals surface area contributed by atoms with E-state index in [-0.39, 0.29) is 31.1 Å². The average Bonchev–Trinajstić information content (AvgIpc) is 2.47. The zero-order chi connectivity index (χ0) is 16.2. The van der Waals surface area contributed by atoms with Crippen LogP contribution in [0.3, 0.4) is 0 Å². The summed E-state index contributed by atoms with van der Waals surface area (Å²) in [5.41, 5.74) is 0. The van der Waals surface area contributed by atoms with Crippen LogP contribution < -0.4 is 0 Å². The SMILES string of the molecule is CCCC1CCC(C2CCC(C(F)=CC(F)(F)F)OC2)OC1. The molecule has 0 amide bonds. The van der Waals surface area contributed by atoms with Crippen LogP contribution >= 0.6 is 0 Å². The minimum atomic E-state index is -4.63. The fraction of sp³-hybridized carbons (Fsp3) is 0.875. The maximum absolute atomic E-state index is 13.5. The smallest absolute Gasteiger partial charge is 0.378 e. The van der Waals surface area contributed by atoms with Gasteiger partial charge in [0.25, 0.3) is 0 Å². The number of alkyl halides is 3. The first-order chi connectivity index (χ1) is 10.4. The van der Waals surface area contributed by atoms with Gasteiger partial charge < -0.3 is 9.47 Å². The number of hydrogen-bond donors (Lipinski definition) is 0. The Kier molecular flexibility index (Phi) is 6.26. The molecular formula is C16H24F4O2. The second-order valence-corrected chi connectivity index (χ2v) is 6.33. The van der Waals surface area contributed by atoms with E-state index in [1.807, 2.05) is 0 Å². The lowest BCUT2D eigenvalue weighted by atomic mass is 9.85. The summed E-state index contributed by atoms with van der Waals surface area (Å²) < 4.78 is 61.1. The second-order valence-electron chi connectivity index (χ2n) is 6.33. The van der Waals surface area contributed by atoms with Gasteiger partial charge >= 0.3 is 6.18 Å². The molecule has 0 spiro atoms. The summed E-state index contributed by atoms with van der Waals surface area (Å²) in [4.78, 5) is 0. The highest BCUT2D eigenvalue weighted by atomic mass is 19.4. The van der Waals surface area contributed by atoms with E-state index < -0.39 is 18.1 Å². The van der Waals surface area contributed by atoms with E-state index in [0.29, 0.717) is 12.3 Å². The van der Waals surface area contributed by atoms with E-state index in [9.17, 15) is 17.6 Å². The van der Waals surface area contributed by atoms with Crippen LogP contribution in [-0.4, -0.2) is 31.6 Å². The maximum Gasteiger partial charge on any atom is 0.412 e. The Morgan fingerprint density at radius 1 is 1.09 bits per heavy atom. The monoisotopic (exact) mass is 324 g/mol. The van der Waals surface area contributed by atoms with Crippen LogP contribution in [0.25, 0.3) is 0 Å². The van der Waals surface area contributed by atoms with Gasteiger partial charge in [-0.15, -0.1) is 0 Å². The molecule has 2 nitrogen and oxygen atoms in total. The zero-order valence-electron chi connectivity index (χ0n) is 12.9. The van der Waals surface area contributed by atoms with Crippen LogP contribution in [0.2, 0.25) is 0 Å². The molecule has 0 aromatic carbocycles. The number of halogens is 4. The van der Waals surface area contributed by atoms with Gasteiger partial charge in [0, 0.05) is 12.5 Å². The third-order valence-corrected chi connectivity index (χ3v) is 4.55. The third kappa shape index (κ3) is 5.23. The highest BCUT2D eigenvalue weighted by Gasteiger charge is 2.35. The second kappa shape index (κ2) is 7.77. The molecule has 4 atom stereocenters. The van der Waals surface area contributed by atoms with Crippen molar-refractivity contribution in [2.24, 2.45) is 11.8 Å². The number of ether oxygens (including phenoxy) is 2. The van der Waals surface area contributed by atoms with Crippen LogP contribution in [0.4, 0.5) is 17.6 Å². The van der Waals surface area contributed by atoms with Crippen molar-refractivity contribution in [2.45, 2.75) is 63.8 Å². The van der Waals surface area contributed by atoms with Crippen molar-refractivity contribution in [1.82, 2.24) is 0 Å². The van der Waals surface area contributed by atoms with Crippen molar-refractivity contribution in [3.63, 3.8) is 0 Å². The molecule has 0 aromatic rings. The molecule has 2 rings (SSSR count). The molecule has 2 heterocycles. The molecule has 6 heteroatoms. The van der Waals surface area contributed by atoms with Crippen LogP contribution in [0.15, 0.2) is 11.9 Å². The fourth-order valence-electron chi connectivity index (χ4n) is 3.37. The molecule has 0 N–H and O–H groups in total. The van der Waals surface area contributed by atoms with Gasteiger partial charge in [0.05, 0.1) is 18.8 Å². The number of hydrogen-bond acceptors (Lipinski definition) is 2. The third-order valence-electron chi connectivity index (χ3n) is 4.55. The van der Waals surface area contributed by atoms with E-state index >= 15 is 0 Å². The highest BCUT2D eigenvalue weighted by molar-refractivity contribution is 5.04. The maximum atomic E-state index is 13.5. The van der Waals surface area contributed by atoms with Crippen LogP contribution in [-0.2, 0) is 9.47 Å². The predicted octanol–water partition coefficient (Wildman–Crippen LogP) is 4.79. The standard InChI is InChI=1S/C16H24F4O2/c1-2-3-11-4-6-14(21-9-11)12-5-7-15(22-10-12)13(17)8-16(18,19)20/h8,11-12,14-15H,2-7,9-10H2,1H3. The fourth-order valence-corrected chi connectivity index (χ4v) is 3.37. The van der Waals surface area contributed by atoms with Gasteiger partial charge in [-0.25, -0.2) is 4.39 Å². The Morgan fingerprint density at radius 2 is 1.86 bits per heavy atom. The van der Waals surface area contributed by atoms with E-state index in [0.717, 1.165) is 25.9 Å². The quantitative estimate of drug-likeness (QED) is 0.692. The summed E-state index contributed by atoms with van der Waals surface area (Å²) in [5, 5.41) is 0. The molecule has 0 radical (unpaired) electrons. The largest absolute Gasteiger partial charge is 0.412 e. The zero-order valence-corrected chi connectivity index (χ0v) is 12.9. The summed E-state index contributed by atoms with van der Waals surface area (Å²) in [6.45, 7) is 3.18. The van der Waals surface area contributed by atoms with E-state index in [2.05, 4.69) is 6.92 Å². The predicted molar refractivity (Wildman–Crippen MR) is 75.1 cm³/mol. The summed E-state index contributed by atoms with van der Waals surface area (Å²) in [5.74, 6) is -0.443. The lowest BCUT2D eigenvalue weighted by Crippen LogP contribution is -2.38. The summed E-state index contributed by atoms with van der Waals surface area (Å²) >= 11 is 0. The van der Waals surface area contributed by atoms with Gasteiger partial charge in [-0.2, -0.15) is 13.2 Å². The van der Waals surface area contributed by atoms with Gasteiger partial charge in [0.1, 0.15) is 11.9 Å². The van der Waals surface area contributed by atoms with Crippen molar-refractivity contribution in [1.29, 1.82) is 0 Å². The molecular weight excluding hydrogens is 300 g/mol. The normalized spacial score (nSPS) is 34.7. The molecule has 2 aliphatic rings. The van der Waals surface area contributed by atoms with E-state index in [4.69, 9.17) is 9.47 Å². The highest BCUT2D eigenvalue weighted by Crippen LogP contribution is 2.34. The molecule has 22 heavy (non-hydrogen) atoms. The first-order valence-corrected chi connectivity index (χ1v) is 8.07. The Balaban J connectivity index is 1.77. The molecule has 4 unspecified atom stereocenters. The minimum Gasteiger partial charge on any atom is -0.378 e. The molecule has 128 valence electrons. The topological polar surface area (TPSA) is 18.5 Å². The lowest BCUT2D eigenvalue weighted by molar-refractivity contribution is -0.104. The Bertz CT molecular complexity index is 365. The van der Waals surface area contributed by atoms with Crippen molar-refractivity contribution < 1.29 is 27.0 Å². The van der Waals surface area contributed by atoms with Crippen molar-refractivity contribution >= 4 is 0 Å². The van der Waals surface area contributed by atoms with Gasteiger partial charge in [0.15, 0.2) is 0 Å². The summed E-state index contributed by atoms with van der Waals surface area (Å²) in [6.07, 6.45) is -0.561. The van der Waals surface area contributed by atoms with Gasteiger partial charge in [0.2, 0.25) is 0 Å². The molecule has 0 saturated carbocycles. The van der Waals surface area contributed by atoms with E-state index in [1.54, 1.807) is 0 Å². The number of rotatable bonds is 4. The molecule has 0 aromatic heterocycles. The first-order valence-electron chi connectivity index (χ1n) is 8.07. The molecule has 0 bridgehead atoms. The Hall–Kier alpha value is -0.620. The molecule has 2 fully saturated rings. The van der Waals surface area contributed by atoms with Crippen LogP contribution in [0.5, 0.6) is 0 Å². The van der Waals surface area contributed by atoms with Crippen LogP contribution in [0.1, 0.15) is 45.4 Å². The van der Waals surface area contributed by atoms with Gasteiger partial charge in [-0.3, -0.25) is 0 Å². The molecule has 2 saturated heterocycles. The van der Waals surface area contributed by atoms with Crippen molar-refractivity contribution in [2.75, 3.05) is 13.2 Å². The Morgan fingerprint density at radius 3 is 2.36 bits per heavy atom. The molecule has 2 aliphatic heterocycles. The van der Waals surface area contributed by atoms with Gasteiger partial charge in [-0.1, -0.05) is 13.3 Å². The molecule has 0 aliphatic carbocycles. The van der Waals surface area contributed by atoms with Crippen molar-refractivity contribution in [3.8, 4) is 0 Å². The first kappa shape index (κ1) is 17.7. The minimum absolute atomic E-state index is 0.101. The average molecular weight is 324 g/mol. The van der Waals surface area contributed by atoms with E-state index in [1.165, 1.54) is 6.42 Å². The Labute approximate surface area is 128 Å². The number of allylic oxidation sites excluding steroid dienone is 1. The van der Waals surface area contributed by atoms with Crippen LogP contribution in [0, 0.1) is 11.8 Å². The lowest BCUT2D eigenvalue weighted by Gasteiger charge is -2.37. The van der Waals surface area contributed by atoms with Crippen molar-refractivity contribution in [3.05, 3.63) is 11.9 Å². The van der Waals surface area contributed by atoms with Gasteiger partial charge in [-0.05, 0) is 38.0 Å².